The molecule has 1 N–H and O–H groups in total. The minimum Gasteiger partial charge on any atom is -0.337 e. The number of nitrogens with zero attached hydrogens (tertiary/aromatic N) is 4. The first-order valence-electron chi connectivity index (χ1n) is 6.35. The van der Waals surface area contributed by atoms with Crippen molar-refractivity contribution >= 4 is 10.9 Å². The summed E-state index contributed by atoms with van der Waals surface area (Å²) >= 11 is 0. The topological polar surface area (TPSA) is 47.7 Å². The van der Waals surface area contributed by atoms with Crippen molar-refractivity contribution < 1.29 is 0 Å². The van der Waals surface area contributed by atoms with Gasteiger partial charge in [-0.1, -0.05) is 23.4 Å². The van der Waals surface area contributed by atoms with Gasteiger partial charge in [-0.25, -0.2) is 0 Å². The highest BCUT2D eigenvalue weighted by atomic mass is 15.4. The summed E-state index contributed by atoms with van der Waals surface area (Å²) in [5, 5.41) is 12.6. The maximum Gasteiger partial charge on any atom is 0.102 e. The van der Waals surface area contributed by atoms with E-state index in [2.05, 4.69) is 50.5 Å². The predicted octanol–water partition coefficient (Wildman–Crippen LogP) is 1.54. The minimum atomic E-state index is 0.748. The average molecular weight is 255 g/mol. The number of aromatic nitrogens is 4. The monoisotopic (exact) mass is 255 g/mol. The van der Waals surface area contributed by atoms with Crippen molar-refractivity contribution in [3.05, 3.63) is 47.9 Å². The molecule has 0 aliphatic rings. The Labute approximate surface area is 111 Å². The van der Waals surface area contributed by atoms with Gasteiger partial charge in [-0.15, -0.1) is 5.10 Å². The van der Waals surface area contributed by atoms with Crippen LogP contribution in [0.1, 0.15) is 11.4 Å². The SMILES string of the molecule is CNCc1cc2ccccc2n1Cc1cn(C)nn1. The molecular weight excluding hydrogens is 238 g/mol. The van der Waals surface area contributed by atoms with E-state index in [1.165, 1.54) is 16.6 Å². The maximum atomic E-state index is 4.17. The summed E-state index contributed by atoms with van der Waals surface area (Å²) in [6.07, 6.45) is 1.96. The molecule has 0 amide bonds. The summed E-state index contributed by atoms with van der Waals surface area (Å²) < 4.78 is 4.02. The number of rotatable bonds is 4. The molecule has 0 unspecified atom stereocenters. The number of hydrogen-bond donors (Lipinski definition) is 1. The van der Waals surface area contributed by atoms with E-state index in [1.807, 2.05) is 20.3 Å². The number of hydrogen-bond acceptors (Lipinski definition) is 3. The Kier molecular flexibility index (Phi) is 3.05. The highest BCUT2D eigenvalue weighted by molar-refractivity contribution is 5.81. The van der Waals surface area contributed by atoms with Crippen LogP contribution in [0.5, 0.6) is 0 Å². The highest BCUT2D eigenvalue weighted by Crippen LogP contribution is 2.20. The third kappa shape index (κ3) is 2.24. The van der Waals surface area contributed by atoms with E-state index in [0.29, 0.717) is 0 Å². The lowest BCUT2D eigenvalue weighted by Crippen LogP contribution is -2.12. The van der Waals surface area contributed by atoms with E-state index in [-0.39, 0.29) is 0 Å². The number of benzene rings is 1. The van der Waals surface area contributed by atoms with Gasteiger partial charge in [0.15, 0.2) is 0 Å². The molecule has 0 bridgehead atoms. The average Bonchev–Trinajstić information content (AvgIpc) is 2.96. The summed E-state index contributed by atoms with van der Waals surface area (Å²) in [5.74, 6) is 0. The van der Waals surface area contributed by atoms with Gasteiger partial charge in [-0.3, -0.25) is 4.68 Å². The van der Waals surface area contributed by atoms with Crippen molar-refractivity contribution in [2.45, 2.75) is 13.1 Å². The standard InChI is InChI=1S/C14H17N5/c1-15-8-13-7-11-5-3-4-6-14(11)19(13)10-12-9-18(2)17-16-12/h3-7,9,15H,8,10H2,1-2H3. The largest absolute Gasteiger partial charge is 0.337 e. The van der Waals surface area contributed by atoms with E-state index in [9.17, 15) is 0 Å². The Morgan fingerprint density at radius 3 is 2.84 bits per heavy atom. The minimum absolute atomic E-state index is 0.748. The van der Waals surface area contributed by atoms with Gasteiger partial charge in [0.2, 0.25) is 0 Å². The van der Waals surface area contributed by atoms with Crippen LogP contribution in [0, 0.1) is 0 Å². The van der Waals surface area contributed by atoms with Crippen molar-refractivity contribution in [1.29, 1.82) is 0 Å². The summed E-state index contributed by atoms with van der Waals surface area (Å²) in [6.45, 7) is 1.59. The molecule has 0 fully saturated rings. The van der Waals surface area contributed by atoms with Gasteiger partial charge in [-0.05, 0) is 24.6 Å². The van der Waals surface area contributed by atoms with Crippen molar-refractivity contribution in [1.82, 2.24) is 24.9 Å². The molecule has 0 saturated heterocycles. The maximum absolute atomic E-state index is 4.17. The molecule has 0 radical (unpaired) electrons. The number of para-hydroxylation sites is 1. The van der Waals surface area contributed by atoms with Gasteiger partial charge >= 0.3 is 0 Å². The van der Waals surface area contributed by atoms with E-state index in [1.54, 1.807) is 4.68 Å². The molecule has 2 heterocycles. The number of fused-ring (bicyclic) bond motifs is 1. The molecule has 2 aromatic heterocycles. The Hall–Kier alpha value is -2.14. The third-order valence-electron chi connectivity index (χ3n) is 3.22. The first-order valence-corrected chi connectivity index (χ1v) is 6.35. The molecule has 5 nitrogen and oxygen atoms in total. The summed E-state index contributed by atoms with van der Waals surface area (Å²) in [4.78, 5) is 0. The van der Waals surface area contributed by atoms with Crippen molar-refractivity contribution in [2.24, 2.45) is 7.05 Å². The zero-order chi connectivity index (χ0) is 13.2. The second-order valence-corrected chi connectivity index (χ2v) is 4.69. The van der Waals surface area contributed by atoms with Gasteiger partial charge in [0.1, 0.15) is 5.69 Å². The molecule has 3 rings (SSSR count). The van der Waals surface area contributed by atoms with Crippen LogP contribution >= 0.6 is 0 Å². The molecule has 98 valence electrons. The van der Waals surface area contributed by atoms with Crippen LogP contribution in [-0.2, 0) is 20.1 Å². The van der Waals surface area contributed by atoms with E-state index in [4.69, 9.17) is 0 Å². The Morgan fingerprint density at radius 2 is 2.11 bits per heavy atom. The van der Waals surface area contributed by atoms with Crippen LogP contribution in [0.3, 0.4) is 0 Å². The zero-order valence-corrected chi connectivity index (χ0v) is 11.2. The van der Waals surface area contributed by atoms with Crippen LogP contribution < -0.4 is 5.32 Å². The lowest BCUT2D eigenvalue weighted by atomic mass is 10.2. The lowest BCUT2D eigenvalue weighted by molar-refractivity contribution is 0.692. The molecule has 19 heavy (non-hydrogen) atoms. The second kappa shape index (κ2) is 4.85. The number of nitrogens with one attached hydrogen (secondary N) is 1. The smallest absolute Gasteiger partial charge is 0.102 e. The Bertz CT molecular complexity index is 695. The van der Waals surface area contributed by atoms with Crippen LogP contribution in [0.4, 0.5) is 0 Å². The summed E-state index contributed by atoms with van der Waals surface area (Å²) in [7, 11) is 3.85. The third-order valence-corrected chi connectivity index (χ3v) is 3.22. The van der Waals surface area contributed by atoms with Crippen molar-refractivity contribution in [3.8, 4) is 0 Å². The highest BCUT2D eigenvalue weighted by Gasteiger charge is 2.09. The first kappa shape index (κ1) is 11.9. The van der Waals surface area contributed by atoms with Crippen LogP contribution in [0.25, 0.3) is 10.9 Å². The van der Waals surface area contributed by atoms with Gasteiger partial charge < -0.3 is 9.88 Å². The Morgan fingerprint density at radius 1 is 1.26 bits per heavy atom. The Balaban J connectivity index is 2.06. The quantitative estimate of drug-likeness (QED) is 0.769. The lowest BCUT2D eigenvalue weighted by Gasteiger charge is -2.08. The molecule has 0 spiro atoms. The molecule has 0 aliphatic heterocycles. The van der Waals surface area contributed by atoms with Gasteiger partial charge in [-0.2, -0.15) is 0 Å². The van der Waals surface area contributed by atoms with Crippen LogP contribution in [0.15, 0.2) is 36.5 Å². The molecule has 0 atom stereocenters. The number of aryl methyl sites for hydroxylation is 1. The zero-order valence-electron chi connectivity index (χ0n) is 11.2. The molecule has 5 heteroatoms. The van der Waals surface area contributed by atoms with E-state index < -0.39 is 0 Å². The summed E-state index contributed by atoms with van der Waals surface area (Å²) in [6, 6.07) is 10.6. The fourth-order valence-electron chi connectivity index (χ4n) is 2.41. The molecule has 0 saturated carbocycles. The van der Waals surface area contributed by atoms with E-state index >= 15 is 0 Å². The fourth-order valence-corrected chi connectivity index (χ4v) is 2.41. The van der Waals surface area contributed by atoms with Crippen LogP contribution in [-0.4, -0.2) is 26.6 Å². The van der Waals surface area contributed by atoms with Gasteiger partial charge in [0.05, 0.1) is 6.54 Å². The van der Waals surface area contributed by atoms with Gasteiger partial charge in [0, 0.05) is 31.0 Å². The fraction of sp³-hybridized carbons (Fsp3) is 0.286. The molecule has 3 aromatic rings. The predicted molar refractivity (Wildman–Crippen MR) is 74.8 cm³/mol. The molecule has 1 aromatic carbocycles. The van der Waals surface area contributed by atoms with E-state index in [0.717, 1.165) is 18.8 Å². The normalized spacial score (nSPS) is 11.3. The van der Waals surface area contributed by atoms with Crippen molar-refractivity contribution in [3.63, 3.8) is 0 Å². The molecular formula is C14H17N5. The van der Waals surface area contributed by atoms with Crippen LogP contribution in [0.2, 0.25) is 0 Å². The summed E-state index contributed by atoms with van der Waals surface area (Å²) in [5.41, 5.74) is 3.47. The van der Waals surface area contributed by atoms with Crippen molar-refractivity contribution in [2.75, 3.05) is 7.05 Å². The molecule has 0 aliphatic carbocycles. The first-order chi connectivity index (χ1) is 9.28. The van der Waals surface area contributed by atoms with Gasteiger partial charge in [0.25, 0.3) is 0 Å². The second-order valence-electron chi connectivity index (χ2n) is 4.69.